The zero-order valence-corrected chi connectivity index (χ0v) is 8.10. The summed E-state index contributed by atoms with van der Waals surface area (Å²) in [5.74, 6) is 0. The monoisotopic (exact) mass is 278 g/mol. The quantitative estimate of drug-likeness (QED) is 0.468. The number of hydrogen-bond donors (Lipinski definition) is 0. The summed E-state index contributed by atoms with van der Waals surface area (Å²) in [5.41, 5.74) is 0. The van der Waals surface area contributed by atoms with Gasteiger partial charge < -0.3 is 2.85 Å². The van der Waals surface area contributed by atoms with E-state index in [0.29, 0.717) is 0 Å². The molecule has 0 atom stereocenters. The molecule has 6 heteroatoms. The molecular formula is H6Cr2MgNi2Si. The molecule has 44 valence electrons. The molecule has 0 rings (SSSR count). The fraction of sp³-hybridized carbons (Fsp3) is 0. The van der Waals surface area contributed by atoms with Crippen LogP contribution in [0.5, 0.6) is 0 Å². The molecular weight excluding hydrogens is 274 g/mol. The van der Waals surface area contributed by atoms with E-state index in [1.165, 1.54) is 0 Å². The largest absolute Gasteiger partial charge is 2.00 e. The maximum atomic E-state index is 0. The van der Waals surface area contributed by atoms with Gasteiger partial charge >= 0.3 is 23.1 Å². The first-order valence-corrected chi connectivity index (χ1v) is 0. The van der Waals surface area contributed by atoms with Gasteiger partial charge in [0, 0.05) is 67.7 Å². The van der Waals surface area contributed by atoms with Gasteiger partial charge in [-0.2, -0.15) is 0 Å². The minimum atomic E-state index is 0. The van der Waals surface area contributed by atoms with E-state index in [0.717, 1.165) is 0 Å². The topological polar surface area (TPSA) is 0 Å². The van der Waals surface area contributed by atoms with Crippen molar-refractivity contribution < 1.29 is 70.6 Å². The minimum Gasteiger partial charge on any atom is -1.00 e. The molecule has 0 spiro atoms. The normalized spacial score (nSPS) is 0. The maximum Gasteiger partial charge on any atom is 2.00 e. The van der Waals surface area contributed by atoms with Crippen LogP contribution in [0.1, 0.15) is 2.85 Å². The predicted octanol–water partition coefficient (Wildman–Crippen LogP) is -1.62. The van der Waals surface area contributed by atoms with E-state index in [4.69, 9.17) is 0 Å². The van der Waals surface area contributed by atoms with Gasteiger partial charge in [-0.05, 0) is 11.0 Å². The fourth-order valence-corrected chi connectivity index (χ4v) is 0. The molecule has 0 heterocycles. The van der Waals surface area contributed by atoms with E-state index < -0.39 is 0 Å². The van der Waals surface area contributed by atoms with Crippen molar-refractivity contribution >= 4 is 34.0 Å². The Kier molecular flexibility index (Phi) is 456. The standard InChI is InChI=1S/2Cr.Mg.2Ni.H4Si.2H/h;;;;;1H4;;/q;;+2;;;;2*-1. The summed E-state index contributed by atoms with van der Waals surface area (Å²) in [4.78, 5) is 0. The van der Waals surface area contributed by atoms with Crippen molar-refractivity contribution in [2.75, 3.05) is 0 Å². The van der Waals surface area contributed by atoms with Crippen molar-refractivity contribution in [1.82, 2.24) is 0 Å². The van der Waals surface area contributed by atoms with Crippen molar-refractivity contribution in [1.29, 1.82) is 0 Å². The van der Waals surface area contributed by atoms with E-state index >= 15 is 0 Å². The summed E-state index contributed by atoms with van der Waals surface area (Å²) in [7, 11) is 0. The summed E-state index contributed by atoms with van der Waals surface area (Å²) in [6.07, 6.45) is 0. The molecule has 0 bridgehead atoms. The van der Waals surface area contributed by atoms with Crippen molar-refractivity contribution in [3.8, 4) is 0 Å². The maximum absolute atomic E-state index is 0. The first kappa shape index (κ1) is 63.3. The van der Waals surface area contributed by atoms with E-state index in [9.17, 15) is 0 Å². The Hall–Kier alpha value is 3.04. The molecule has 0 aromatic heterocycles. The average Bonchev–Trinajstić information content (AvgIpc) is 0. The first-order valence-electron chi connectivity index (χ1n) is 0. The summed E-state index contributed by atoms with van der Waals surface area (Å²) >= 11 is 0. The Morgan fingerprint density at radius 2 is 0.833 bits per heavy atom. The Labute approximate surface area is 103 Å². The third kappa shape index (κ3) is 27.8. The van der Waals surface area contributed by atoms with E-state index in [1.54, 1.807) is 0 Å². The van der Waals surface area contributed by atoms with Gasteiger partial charge in [-0.1, -0.05) is 0 Å². The van der Waals surface area contributed by atoms with Crippen molar-refractivity contribution in [2.24, 2.45) is 0 Å². The molecule has 0 unspecified atom stereocenters. The van der Waals surface area contributed by atoms with E-state index in [2.05, 4.69) is 0 Å². The SMILES string of the molecule is [Cr].[Cr].[H-].[H-].[Mg+2].[Ni].[Ni].[SiH4]. The van der Waals surface area contributed by atoms with Gasteiger partial charge in [0.1, 0.15) is 0 Å². The van der Waals surface area contributed by atoms with Crippen LogP contribution in [-0.2, 0) is 67.7 Å². The average molecular weight is 280 g/mol. The van der Waals surface area contributed by atoms with Gasteiger partial charge in [0.25, 0.3) is 0 Å². The number of hydrogen-bond acceptors (Lipinski definition) is 0. The molecule has 0 N–H and O–H groups in total. The van der Waals surface area contributed by atoms with Crippen LogP contribution >= 0.6 is 0 Å². The Balaban J connectivity index is 0. The Morgan fingerprint density at radius 3 is 0.833 bits per heavy atom. The minimum absolute atomic E-state index is 0. The molecule has 0 saturated carbocycles. The summed E-state index contributed by atoms with van der Waals surface area (Å²) in [6, 6.07) is 0. The van der Waals surface area contributed by atoms with Gasteiger partial charge in [0.15, 0.2) is 0 Å². The molecule has 0 aromatic rings. The van der Waals surface area contributed by atoms with Crippen LogP contribution in [0.3, 0.4) is 0 Å². The molecule has 0 radical (unpaired) electrons. The molecule has 0 aliphatic carbocycles. The van der Waals surface area contributed by atoms with Crippen molar-refractivity contribution in [2.45, 2.75) is 0 Å². The van der Waals surface area contributed by atoms with Gasteiger partial charge in [-0.3, -0.25) is 0 Å². The second kappa shape index (κ2) is 43.2. The second-order valence-corrected chi connectivity index (χ2v) is 0. The van der Waals surface area contributed by atoms with Crippen LogP contribution in [0.15, 0.2) is 0 Å². The van der Waals surface area contributed by atoms with Crippen molar-refractivity contribution in [3.05, 3.63) is 0 Å². The molecule has 0 amide bonds. The van der Waals surface area contributed by atoms with E-state index in [-0.39, 0.29) is 105 Å². The van der Waals surface area contributed by atoms with Crippen LogP contribution < -0.4 is 0 Å². The molecule has 0 aromatic carbocycles. The third-order valence-electron chi connectivity index (χ3n) is 0. The van der Waals surface area contributed by atoms with Crippen LogP contribution in [0.25, 0.3) is 0 Å². The molecule has 0 fully saturated rings. The number of rotatable bonds is 0. The fourth-order valence-electron chi connectivity index (χ4n) is 0. The van der Waals surface area contributed by atoms with Gasteiger partial charge in [-0.25, -0.2) is 0 Å². The Bertz CT molecular complexity index is 18.0. The second-order valence-electron chi connectivity index (χ2n) is 0. The van der Waals surface area contributed by atoms with Crippen LogP contribution in [-0.4, -0.2) is 34.0 Å². The molecule has 0 saturated heterocycles. The third-order valence-corrected chi connectivity index (χ3v) is 0. The van der Waals surface area contributed by atoms with Crippen LogP contribution in [0, 0.1) is 0 Å². The Morgan fingerprint density at radius 1 is 0.833 bits per heavy atom. The summed E-state index contributed by atoms with van der Waals surface area (Å²) in [5, 5.41) is 0. The van der Waals surface area contributed by atoms with Crippen LogP contribution in [0.4, 0.5) is 0 Å². The molecule has 0 aliphatic heterocycles. The smallest absolute Gasteiger partial charge is 1.00 e. The molecule has 0 nitrogen and oxygen atoms in total. The van der Waals surface area contributed by atoms with Crippen LogP contribution in [0.2, 0.25) is 0 Å². The zero-order valence-electron chi connectivity index (χ0n) is 4.16. The van der Waals surface area contributed by atoms with Gasteiger partial charge in [0.05, 0.1) is 0 Å². The summed E-state index contributed by atoms with van der Waals surface area (Å²) < 4.78 is 0. The zero-order chi connectivity index (χ0) is 0. The molecule has 0 aliphatic rings. The van der Waals surface area contributed by atoms with Crippen molar-refractivity contribution in [3.63, 3.8) is 0 Å². The first-order chi connectivity index (χ1) is 0. The predicted molar refractivity (Wildman–Crippen MR) is 19.3 cm³/mol. The molecule has 6 heavy (non-hydrogen) atoms. The van der Waals surface area contributed by atoms with E-state index in [1.807, 2.05) is 0 Å². The van der Waals surface area contributed by atoms with Gasteiger partial charge in [0.2, 0.25) is 0 Å². The van der Waals surface area contributed by atoms with Gasteiger partial charge in [-0.15, -0.1) is 0 Å². The summed E-state index contributed by atoms with van der Waals surface area (Å²) in [6.45, 7) is 0.